The van der Waals surface area contributed by atoms with E-state index < -0.39 is 5.97 Å². The van der Waals surface area contributed by atoms with Crippen LogP contribution in [0.2, 0.25) is 0 Å². The molecule has 0 aromatic heterocycles. The molecule has 0 saturated carbocycles. The van der Waals surface area contributed by atoms with Crippen LogP contribution in [0.15, 0.2) is 125 Å². The van der Waals surface area contributed by atoms with E-state index in [2.05, 4.69) is 36.4 Å². The first kappa shape index (κ1) is 31.9. The second kappa shape index (κ2) is 15.0. The van der Waals surface area contributed by atoms with Gasteiger partial charge in [-0.2, -0.15) is 0 Å². The molecule has 0 amide bonds. The maximum atomic E-state index is 10.7. The van der Waals surface area contributed by atoms with Gasteiger partial charge in [0, 0.05) is 47.3 Å². The fourth-order valence-corrected chi connectivity index (χ4v) is 5.17. The zero-order chi connectivity index (χ0) is 30.2. The molecule has 223 valence electrons. The summed E-state index contributed by atoms with van der Waals surface area (Å²) < 4.78 is 0. The van der Waals surface area contributed by atoms with Gasteiger partial charge in [0.25, 0.3) is 5.97 Å². The zero-order valence-electron chi connectivity index (χ0n) is 24.1. The number of hydrogen-bond donors (Lipinski definition) is 3. The summed E-state index contributed by atoms with van der Waals surface area (Å²) in [4.78, 5) is 18.7. The molecular weight excluding hydrogens is 595 g/mol. The molecule has 0 heterocycles. The number of nitrogens with zero attached hydrogens (tertiary/aromatic N) is 2. The second-order valence-electron chi connectivity index (χ2n) is 10.2. The third kappa shape index (κ3) is 7.69. The first-order valence-corrected chi connectivity index (χ1v) is 14.0. The number of aromatic hydroxyl groups is 2. The minimum Gasteiger partial charge on any atom is -0.507 e. The predicted octanol–water partition coefficient (Wildman–Crippen LogP) is 7.80. The fourth-order valence-electron chi connectivity index (χ4n) is 5.17. The van der Waals surface area contributed by atoms with Crippen LogP contribution in [0, 0.1) is 0 Å². The molecule has 0 fully saturated rings. The molecule has 1 atom stereocenters. The van der Waals surface area contributed by atoms with Crippen LogP contribution in [-0.4, -0.2) is 46.3 Å². The normalized spacial score (nSPS) is 11.8. The van der Waals surface area contributed by atoms with Crippen LogP contribution in [0.25, 0.3) is 32.3 Å². The SMILES string of the molecule is CC(=O)O.Oc1ccc2ccccc2c1C=NCC(Cc1cccc2ccccc12)N=Cc1c(O)ccc2ccccc12.[Co]. The van der Waals surface area contributed by atoms with E-state index in [9.17, 15) is 10.2 Å². The number of carboxylic acids is 1. The van der Waals surface area contributed by atoms with Gasteiger partial charge < -0.3 is 15.3 Å². The quantitative estimate of drug-likeness (QED) is 0.157. The van der Waals surface area contributed by atoms with Crippen molar-refractivity contribution in [2.45, 2.75) is 19.4 Å². The maximum Gasteiger partial charge on any atom is 0.300 e. The third-order valence-corrected chi connectivity index (χ3v) is 7.18. The van der Waals surface area contributed by atoms with Crippen LogP contribution in [0.4, 0.5) is 0 Å². The molecule has 7 heteroatoms. The van der Waals surface area contributed by atoms with Crippen LogP contribution < -0.4 is 0 Å². The summed E-state index contributed by atoms with van der Waals surface area (Å²) >= 11 is 0. The largest absolute Gasteiger partial charge is 0.507 e. The summed E-state index contributed by atoms with van der Waals surface area (Å²) in [7, 11) is 0. The molecule has 1 unspecified atom stereocenters. The fraction of sp³-hybridized carbons (Fsp3) is 0.108. The Hall–Kier alpha value is -4.98. The third-order valence-electron chi connectivity index (χ3n) is 7.18. The van der Waals surface area contributed by atoms with Gasteiger partial charge in [-0.1, -0.05) is 103 Å². The van der Waals surface area contributed by atoms with Crippen molar-refractivity contribution in [3.8, 4) is 11.5 Å². The summed E-state index contributed by atoms with van der Waals surface area (Å²) in [6.45, 7) is 1.51. The minimum absolute atomic E-state index is 0. The number of aliphatic carboxylic acids is 1. The standard InChI is InChI=1S/C35H28N2O2.C2H4O2.Co/c38-34-18-16-25-9-2-5-14-30(25)32(34)22-36-21-28(20-27-12-7-11-24-8-1-4-13-29(24)27)37-23-33-31-15-6-3-10-26(31)17-19-35(33)39;1-2(3)4;/h1-19,22-23,28,38-39H,20-21H2;1H3,(H,3,4);. The molecule has 0 aliphatic carbocycles. The summed E-state index contributed by atoms with van der Waals surface area (Å²) in [6, 6.07) is 37.7. The molecule has 6 nitrogen and oxygen atoms in total. The van der Waals surface area contributed by atoms with E-state index in [1.54, 1.807) is 24.6 Å². The number of aliphatic imine (C=N–C) groups is 2. The molecule has 1 radical (unpaired) electrons. The number of fused-ring (bicyclic) bond motifs is 3. The summed E-state index contributed by atoms with van der Waals surface area (Å²) in [6.07, 6.45) is 4.21. The molecule has 44 heavy (non-hydrogen) atoms. The molecule has 0 saturated heterocycles. The Morgan fingerprint density at radius 2 is 1.11 bits per heavy atom. The van der Waals surface area contributed by atoms with E-state index in [4.69, 9.17) is 19.9 Å². The van der Waals surface area contributed by atoms with Crippen molar-refractivity contribution < 1.29 is 36.9 Å². The van der Waals surface area contributed by atoms with Gasteiger partial charge in [-0.3, -0.25) is 14.8 Å². The van der Waals surface area contributed by atoms with Crippen LogP contribution in [-0.2, 0) is 28.0 Å². The molecule has 0 bridgehead atoms. The van der Waals surface area contributed by atoms with Gasteiger partial charge in [0.1, 0.15) is 11.5 Å². The Labute approximate surface area is 266 Å². The van der Waals surface area contributed by atoms with Crippen molar-refractivity contribution in [1.82, 2.24) is 0 Å². The molecule has 3 N–H and O–H groups in total. The van der Waals surface area contributed by atoms with E-state index in [-0.39, 0.29) is 34.3 Å². The molecule has 6 aromatic rings. The van der Waals surface area contributed by atoms with Crippen LogP contribution in [0.1, 0.15) is 23.6 Å². The number of hydrogen-bond acceptors (Lipinski definition) is 5. The van der Waals surface area contributed by atoms with Crippen molar-refractivity contribution in [2.24, 2.45) is 9.98 Å². The van der Waals surface area contributed by atoms with Crippen molar-refractivity contribution >= 4 is 50.7 Å². The van der Waals surface area contributed by atoms with Crippen molar-refractivity contribution in [3.63, 3.8) is 0 Å². The Balaban J connectivity index is 0.000000834. The van der Waals surface area contributed by atoms with Gasteiger partial charge in [0.05, 0.1) is 12.6 Å². The Morgan fingerprint density at radius 1 is 0.659 bits per heavy atom. The van der Waals surface area contributed by atoms with E-state index in [1.165, 1.54) is 16.3 Å². The molecule has 0 aliphatic rings. The Kier molecular flexibility index (Phi) is 10.9. The number of carbonyl (C=O) groups is 1. The van der Waals surface area contributed by atoms with Gasteiger partial charge in [-0.05, 0) is 56.4 Å². The Bertz CT molecular complexity index is 1960. The number of rotatable bonds is 7. The van der Waals surface area contributed by atoms with Crippen LogP contribution >= 0.6 is 0 Å². The predicted molar refractivity (Wildman–Crippen MR) is 176 cm³/mol. The van der Waals surface area contributed by atoms with E-state index in [0.29, 0.717) is 24.1 Å². The number of phenolic OH excluding ortho intramolecular Hbond substituents is 2. The van der Waals surface area contributed by atoms with Crippen molar-refractivity contribution in [1.29, 1.82) is 0 Å². The van der Waals surface area contributed by atoms with E-state index >= 15 is 0 Å². The van der Waals surface area contributed by atoms with Crippen LogP contribution in [0.3, 0.4) is 0 Å². The molecule has 6 rings (SSSR count). The average Bonchev–Trinajstić information content (AvgIpc) is 3.01. The summed E-state index contributed by atoms with van der Waals surface area (Å²) in [5.74, 6) is -0.433. The van der Waals surface area contributed by atoms with E-state index in [0.717, 1.165) is 28.5 Å². The first-order valence-electron chi connectivity index (χ1n) is 14.0. The molecule has 6 aromatic carbocycles. The van der Waals surface area contributed by atoms with Gasteiger partial charge in [-0.25, -0.2) is 0 Å². The van der Waals surface area contributed by atoms with Gasteiger partial charge in [0.15, 0.2) is 0 Å². The summed E-state index contributed by atoms with van der Waals surface area (Å²) in [5.41, 5.74) is 2.60. The van der Waals surface area contributed by atoms with Crippen molar-refractivity contribution in [2.75, 3.05) is 6.54 Å². The monoisotopic (exact) mass is 627 g/mol. The van der Waals surface area contributed by atoms with Gasteiger partial charge in [0.2, 0.25) is 0 Å². The number of phenols is 2. The van der Waals surface area contributed by atoms with Gasteiger partial charge in [-0.15, -0.1) is 0 Å². The molecule has 0 aliphatic heterocycles. The smallest absolute Gasteiger partial charge is 0.300 e. The van der Waals surface area contributed by atoms with E-state index in [1.807, 2.05) is 66.7 Å². The van der Waals surface area contributed by atoms with Gasteiger partial charge >= 0.3 is 0 Å². The topological polar surface area (TPSA) is 102 Å². The maximum absolute atomic E-state index is 10.7. The second-order valence-corrected chi connectivity index (χ2v) is 10.2. The number of carboxylic acid groups (broad SMARTS) is 1. The molecular formula is C37H32CoN2O4. The minimum atomic E-state index is -0.833. The Morgan fingerprint density at radius 3 is 1.68 bits per heavy atom. The van der Waals surface area contributed by atoms with Crippen molar-refractivity contribution in [3.05, 3.63) is 132 Å². The zero-order valence-corrected chi connectivity index (χ0v) is 25.1. The molecule has 0 spiro atoms. The van der Waals surface area contributed by atoms with Crippen LogP contribution in [0.5, 0.6) is 11.5 Å². The number of benzene rings is 6. The average molecular weight is 628 g/mol. The first-order chi connectivity index (χ1) is 20.9. The summed E-state index contributed by atoms with van der Waals surface area (Å²) in [5, 5.41) is 35.0.